The van der Waals surface area contributed by atoms with Gasteiger partial charge < -0.3 is 19.3 Å². The molecule has 2 aliphatic rings. The molecule has 0 amide bonds. The van der Waals surface area contributed by atoms with Crippen molar-refractivity contribution in [3.63, 3.8) is 0 Å². The lowest BCUT2D eigenvalue weighted by atomic mass is 9.80. The van der Waals surface area contributed by atoms with Crippen LogP contribution in [0.1, 0.15) is 33.1 Å². The molecule has 0 spiro atoms. The Labute approximate surface area is 130 Å². The van der Waals surface area contributed by atoms with E-state index in [0.717, 1.165) is 6.42 Å². The van der Waals surface area contributed by atoms with Crippen LogP contribution in [0.5, 0.6) is 0 Å². The molecule has 0 aliphatic heterocycles. The molecule has 2 fully saturated rings. The van der Waals surface area contributed by atoms with Crippen molar-refractivity contribution in [3.8, 4) is 0 Å². The number of ether oxygens (including phenoxy) is 3. The fourth-order valence-electron chi connectivity index (χ4n) is 3.42. The Morgan fingerprint density at radius 3 is 2.73 bits per heavy atom. The first-order valence-corrected chi connectivity index (χ1v) is 7.72. The first-order valence-electron chi connectivity index (χ1n) is 7.72. The van der Waals surface area contributed by atoms with Crippen LogP contribution < -0.4 is 0 Å². The Balaban J connectivity index is 2.06. The molecular weight excluding hydrogens is 288 g/mol. The Kier molecular flexibility index (Phi) is 5.24. The van der Waals surface area contributed by atoms with E-state index >= 15 is 0 Å². The molecular formula is C16H24O6. The minimum absolute atomic E-state index is 0.0256. The normalized spacial score (nSPS) is 32.8. The number of rotatable bonds is 7. The summed E-state index contributed by atoms with van der Waals surface area (Å²) in [4.78, 5) is 24.3. The maximum absolute atomic E-state index is 12.5. The summed E-state index contributed by atoms with van der Waals surface area (Å²) in [5.74, 6) is -1.02. The summed E-state index contributed by atoms with van der Waals surface area (Å²) < 4.78 is 15.8. The van der Waals surface area contributed by atoms with Crippen LogP contribution in [0.3, 0.4) is 0 Å². The molecule has 2 aliphatic carbocycles. The van der Waals surface area contributed by atoms with Crippen LogP contribution in [0.15, 0.2) is 12.2 Å². The summed E-state index contributed by atoms with van der Waals surface area (Å²) in [5, 5.41) is 10.3. The van der Waals surface area contributed by atoms with E-state index < -0.39 is 29.6 Å². The molecule has 0 radical (unpaired) electrons. The number of hydrogen-bond acceptors (Lipinski definition) is 6. The van der Waals surface area contributed by atoms with Crippen LogP contribution in [0, 0.1) is 11.3 Å². The maximum atomic E-state index is 12.5. The van der Waals surface area contributed by atoms with Crippen molar-refractivity contribution in [2.45, 2.75) is 45.3 Å². The number of aliphatic hydroxyl groups excluding tert-OH is 1. The molecule has 1 N–H and O–H groups in total. The summed E-state index contributed by atoms with van der Waals surface area (Å²) in [6, 6.07) is 0. The van der Waals surface area contributed by atoms with Gasteiger partial charge in [-0.2, -0.15) is 0 Å². The molecule has 2 saturated carbocycles. The van der Waals surface area contributed by atoms with E-state index in [1.165, 1.54) is 6.92 Å². The Hall–Kier alpha value is -1.40. The van der Waals surface area contributed by atoms with Crippen LogP contribution >= 0.6 is 0 Å². The summed E-state index contributed by atoms with van der Waals surface area (Å²) in [6.07, 6.45) is 0.126. The van der Waals surface area contributed by atoms with Gasteiger partial charge in [-0.15, -0.1) is 0 Å². The largest absolute Gasteiger partial charge is 0.463 e. The van der Waals surface area contributed by atoms with Crippen molar-refractivity contribution in [1.29, 1.82) is 0 Å². The molecule has 2 bridgehead atoms. The van der Waals surface area contributed by atoms with Gasteiger partial charge >= 0.3 is 11.9 Å². The van der Waals surface area contributed by atoms with E-state index in [-0.39, 0.29) is 18.1 Å². The van der Waals surface area contributed by atoms with Crippen molar-refractivity contribution in [2.75, 3.05) is 19.8 Å². The van der Waals surface area contributed by atoms with Crippen molar-refractivity contribution in [1.82, 2.24) is 0 Å². The van der Waals surface area contributed by atoms with Crippen molar-refractivity contribution in [2.24, 2.45) is 11.3 Å². The lowest BCUT2D eigenvalue weighted by Crippen LogP contribution is -2.48. The second-order valence-corrected chi connectivity index (χ2v) is 6.09. The lowest BCUT2D eigenvalue weighted by Gasteiger charge is -2.34. The smallest absolute Gasteiger partial charge is 0.333 e. The Morgan fingerprint density at radius 2 is 2.09 bits per heavy atom. The maximum Gasteiger partial charge on any atom is 0.333 e. The zero-order valence-electron chi connectivity index (χ0n) is 13.2. The third kappa shape index (κ3) is 3.03. The fraction of sp³-hybridized carbons (Fsp3) is 0.750. The second-order valence-electron chi connectivity index (χ2n) is 6.09. The predicted molar refractivity (Wildman–Crippen MR) is 77.9 cm³/mol. The first-order chi connectivity index (χ1) is 10.4. The molecule has 0 aromatic rings. The van der Waals surface area contributed by atoms with Gasteiger partial charge in [0, 0.05) is 12.2 Å². The van der Waals surface area contributed by atoms with Crippen molar-refractivity contribution < 1.29 is 28.9 Å². The third-order valence-corrected chi connectivity index (χ3v) is 4.58. The van der Waals surface area contributed by atoms with Gasteiger partial charge in [-0.25, -0.2) is 4.79 Å². The molecule has 0 aromatic carbocycles. The van der Waals surface area contributed by atoms with E-state index in [2.05, 4.69) is 6.58 Å². The third-order valence-electron chi connectivity index (χ3n) is 4.58. The molecule has 2 rings (SSSR count). The molecule has 4 unspecified atom stereocenters. The summed E-state index contributed by atoms with van der Waals surface area (Å²) in [5.41, 5.74) is -0.684. The van der Waals surface area contributed by atoms with E-state index in [1.54, 1.807) is 0 Å². The topological polar surface area (TPSA) is 82.1 Å². The Morgan fingerprint density at radius 1 is 1.36 bits per heavy atom. The average Bonchev–Trinajstić information content (AvgIpc) is 3.03. The summed E-state index contributed by atoms with van der Waals surface area (Å²) in [6.45, 7) is 7.99. The SMILES string of the molecule is C=C(C)C(=O)OC1C(O)C2CCC1(C(=O)OCCOCC)C2. The van der Waals surface area contributed by atoms with E-state index in [0.29, 0.717) is 26.1 Å². The molecule has 4 atom stereocenters. The number of carbonyl (C=O) groups is 2. The highest BCUT2D eigenvalue weighted by molar-refractivity contribution is 5.88. The lowest BCUT2D eigenvalue weighted by molar-refractivity contribution is -0.177. The van der Waals surface area contributed by atoms with E-state index in [9.17, 15) is 14.7 Å². The highest BCUT2D eigenvalue weighted by Crippen LogP contribution is 2.56. The predicted octanol–water partition coefficient (Wildman–Crippen LogP) is 1.21. The second kappa shape index (κ2) is 6.79. The highest BCUT2D eigenvalue weighted by atomic mass is 16.6. The Bertz CT molecular complexity index is 460. The summed E-state index contributed by atoms with van der Waals surface area (Å²) in [7, 11) is 0. The quantitative estimate of drug-likeness (QED) is 0.432. The summed E-state index contributed by atoms with van der Waals surface area (Å²) >= 11 is 0. The number of carbonyl (C=O) groups excluding carboxylic acids is 2. The molecule has 6 heteroatoms. The molecule has 124 valence electrons. The van der Waals surface area contributed by atoms with E-state index in [4.69, 9.17) is 14.2 Å². The van der Waals surface area contributed by atoms with Gasteiger partial charge in [0.25, 0.3) is 0 Å². The number of fused-ring (bicyclic) bond motifs is 2. The number of aliphatic hydroxyl groups is 1. The molecule has 6 nitrogen and oxygen atoms in total. The van der Waals surface area contributed by atoms with Crippen LogP contribution in [-0.2, 0) is 23.8 Å². The van der Waals surface area contributed by atoms with Gasteiger partial charge in [0.15, 0.2) is 0 Å². The molecule has 22 heavy (non-hydrogen) atoms. The number of hydrogen-bond donors (Lipinski definition) is 1. The minimum atomic E-state index is -0.929. The monoisotopic (exact) mass is 312 g/mol. The van der Waals surface area contributed by atoms with Gasteiger partial charge in [-0.1, -0.05) is 6.58 Å². The van der Waals surface area contributed by atoms with E-state index in [1.807, 2.05) is 6.92 Å². The average molecular weight is 312 g/mol. The highest BCUT2D eigenvalue weighted by Gasteiger charge is 2.64. The van der Waals surface area contributed by atoms with Crippen LogP contribution in [0.2, 0.25) is 0 Å². The molecule has 0 aromatic heterocycles. The minimum Gasteiger partial charge on any atom is -0.463 e. The fourth-order valence-corrected chi connectivity index (χ4v) is 3.42. The van der Waals surface area contributed by atoms with Gasteiger partial charge in [0.1, 0.15) is 18.1 Å². The van der Waals surface area contributed by atoms with Gasteiger partial charge in [0.2, 0.25) is 0 Å². The zero-order chi connectivity index (χ0) is 16.3. The zero-order valence-corrected chi connectivity index (χ0v) is 13.2. The first kappa shape index (κ1) is 17.0. The van der Waals surface area contributed by atoms with Crippen LogP contribution in [0.4, 0.5) is 0 Å². The number of esters is 2. The van der Waals surface area contributed by atoms with Gasteiger partial charge in [-0.05, 0) is 39.0 Å². The standard InChI is InChI=1S/C16H24O6/c1-4-20-7-8-21-15(19)16-6-5-11(9-16)12(17)13(16)22-14(18)10(2)3/h11-13,17H,2,4-9H2,1,3H3. The van der Waals surface area contributed by atoms with Gasteiger partial charge in [-0.3, -0.25) is 4.79 Å². The van der Waals surface area contributed by atoms with Crippen LogP contribution in [0.25, 0.3) is 0 Å². The van der Waals surface area contributed by atoms with Gasteiger partial charge in [0.05, 0.1) is 12.7 Å². The van der Waals surface area contributed by atoms with Crippen LogP contribution in [-0.4, -0.2) is 49.1 Å². The van der Waals surface area contributed by atoms with Crippen molar-refractivity contribution in [3.05, 3.63) is 12.2 Å². The molecule has 0 saturated heterocycles. The van der Waals surface area contributed by atoms with Crippen molar-refractivity contribution >= 4 is 11.9 Å². The molecule has 0 heterocycles.